The van der Waals surface area contributed by atoms with Gasteiger partial charge in [-0.05, 0) is 33.7 Å². The fourth-order valence-corrected chi connectivity index (χ4v) is 2.54. The van der Waals surface area contributed by atoms with E-state index in [2.05, 4.69) is 4.98 Å². The molecular weight excluding hydrogens is 236 g/mol. The largest absolute Gasteiger partial charge is 0.480 e. The molecule has 96 valence electrons. The first-order valence-electron chi connectivity index (χ1n) is 5.77. The average molecular weight is 256 g/mol. The lowest BCUT2D eigenvalue weighted by atomic mass is 10.0. The van der Waals surface area contributed by atoms with E-state index in [1.54, 1.807) is 25.2 Å². The van der Waals surface area contributed by atoms with Crippen molar-refractivity contribution in [2.75, 3.05) is 13.1 Å². The van der Waals surface area contributed by atoms with E-state index in [9.17, 15) is 9.90 Å². The second-order valence-corrected chi connectivity index (χ2v) is 5.49. The molecule has 0 aromatic carbocycles. The minimum absolute atomic E-state index is 0.733. The van der Waals surface area contributed by atoms with Gasteiger partial charge in [-0.3, -0.25) is 9.69 Å². The van der Waals surface area contributed by atoms with Crippen molar-refractivity contribution in [2.45, 2.75) is 39.7 Å². The highest BCUT2D eigenvalue weighted by Crippen LogP contribution is 2.18. The quantitative estimate of drug-likeness (QED) is 0.847. The predicted octanol–water partition coefficient (Wildman–Crippen LogP) is 2.18. The van der Waals surface area contributed by atoms with Gasteiger partial charge in [0.25, 0.3) is 0 Å². The number of carboxylic acid groups (broad SMARTS) is 1. The van der Waals surface area contributed by atoms with Crippen LogP contribution in [0.25, 0.3) is 0 Å². The first-order chi connectivity index (χ1) is 7.89. The zero-order valence-electron chi connectivity index (χ0n) is 10.9. The minimum atomic E-state index is -0.812. The van der Waals surface area contributed by atoms with Crippen LogP contribution in [0.15, 0.2) is 5.51 Å². The molecule has 0 bridgehead atoms. The molecule has 0 aliphatic carbocycles. The van der Waals surface area contributed by atoms with Gasteiger partial charge in [0.05, 0.1) is 11.2 Å². The number of thiazole rings is 1. The summed E-state index contributed by atoms with van der Waals surface area (Å²) in [6, 6.07) is 0. The average Bonchev–Trinajstić information content (AvgIpc) is 2.64. The summed E-state index contributed by atoms with van der Waals surface area (Å²) >= 11 is 1.64. The second-order valence-electron chi connectivity index (χ2n) is 4.55. The number of hydrogen-bond acceptors (Lipinski definition) is 4. The van der Waals surface area contributed by atoms with Crippen LogP contribution < -0.4 is 0 Å². The highest BCUT2D eigenvalue weighted by Gasteiger charge is 2.33. The lowest BCUT2D eigenvalue weighted by Gasteiger charge is -2.34. The number of nitrogens with zero attached hydrogens (tertiary/aromatic N) is 2. The number of aliphatic carboxylic acids is 1. The molecule has 0 aliphatic rings. The lowest BCUT2D eigenvalue weighted by Crippen LogP contribution is -2.50. The summed E-state index contributed by atoms with van der Waals surface area (Å²) in [6.45, 7) is 8.96. The molecule has 1 N–H and O–H groups in total. The van der Waals surface area contributed by atoms with Crippen LogP contribution in [0, 0.1) is 6.92 Å². The van der Waals surface area contributed by atoms with E-state index in [0.717, 1.165) is 25.2 Å². The van der Waals surface area contributed by atoms with Crippen molar-refractivity contribution in [1.82, 2.24) is 9.88 Å². The molecule has 1 aromatic rings. The van der Waals surface area contributed by atoms with Crippen molar-refractivity contribution in [1.29, 1.82) is 0 Å². The summed E-state index contributed by atoms with van der Waals surface area (Å²) in [4.78, 5) is 18.6. The second kappa shape index (κ2) is 5.60. The van der Waals surface area contributed by atoms with Crippen molar-refractivity contribution in [3.05, 3.63) is 16.1 Å². The molecule has 1 rings (SSSR count). The molecule has 4 nitrogen and oxygen atoms in total. The van der Waals surface area contributed by atoms with Crippen LogP contribution >= 0.6 is 11.3 Å². The normalized spacial score (nSPS) is 12.1. The van der Waals surface area contributed by atoms with Gasteiger partial charge in [-0.25, -0.2) is 4.98 Å². The van der Waals surface area contributed by atoms with Crippen molar-refractivity contribution in [2.24, 2.45) is 0 Å². The third-order valence-corrected chi connectivity index (χ3v) is 4.14. The maximum absolute atomic E-state index is 11.2. The summed E-state index contributed by atoms with van der Waals surface area (Å²) in [5, 5.41) is 9.20. The summed E-state index contributed by atoms with van der Waals surface area (Å²) in [5.74, 6) is -0.777. The van der Waals surface area contributed by atoms with Gasteiger partial charge in [0.15, 0.2) is 0 Å². The van der Waals surface area contributed by atoms with Crippen molar-refractivity contribution in [3.8, 4) is 0 Å². The Bertz CT molecular complexity index is 388. The smallest absolute Gasteiger partial charge is 0.323 e. The Balaban J connectivity index is 2.66. The van der Waals surface area contributed by atoms with Crippen LogP contribution in [0.4, 0.5) is 0 Å². The summed E-state index contributed by atoms with van der Waals surface area (Å²) in [7, 11) is 0. The van der Waals surface area contributed by atoms with Gasteiger partial charge in [-0.1, -0.05) is 6.92 Å². The third-order valence-electron chi connectivity index (χ3n) is 3.15. The molecule has 0 aliphatic heterocycles. The standard InChI is InChI=1S/C12H20N2O2S/c1-5-14(12(3,4)11(15)16)7-6-10-9(2)13-8-17-10/h8H,5-7H2,1-4H3,(H,15,16). The summed E-state index contributed by atoms with van der Waals surface area (Å²) in [6.07, 6.45) is 0.862. The van der Waals surface area contributed by atoms with Gasteiger partial charge in [0.2, 0.25) is 0 Å². The number of carboxylic acids is 1. The Hall–Kier alpha value is -0.940. The van der Waals surface area contributed by atoms with E-state index >= 15 is 0 Å². The first kappa shape index (κ1) is 14.1. The molecule has 0 amide bonds. The fourth-order valence-electron chi connectivity index (χ4n) is 1.77. The van der Waals surface area contributed by atoms with Crippen molar-refractivity contribution in [3.63, 3.8) is 0 Å². The topological polar surface area (TPSA) is 53.4 Å². The number of aromatic nitrogens is 1. The number of likely N-dealkylation sites (N-methyl/N-ethyl adjacent to an activating group) is 1. The van der Waals surface area contributed by atoms with E-state index in [4.69, 9.17) is 0 Å². The van der Waals surface area contributed by atoms with Gasteiger partial charge >= 0.3 is 5.97 Å². The maximum atomic E-state index is 11.2. The Morgan fingerprint density at radius 3 is 2.65 bits per heavy atom. The van der Waals surface area contributed by atoms with Crippen LogP contribution in [0.3, 0.4) is 0 Å². The fraction of sp³-hybridized carbons (Fsp3) is 0.667. The number of aryl methyl sites for hydroxylation is 1. The van der Waals surface area contributed by atoms with E-state index in [0.29, 0.717) is 0 Å². The minimum Gasteiger partial charge on any atom is -0.480 e. The monoisotopic (exact) mass is 256 g/mol. The molecular formula is C12H20N2O2S. The number of hydrogen-bond donors (Lipinski definition) is 1. The predicted molar refractivity (Wildman–Crippen MR) is 69.5 cm³/mol. The summed E-state index contributed by atoms with van der Waals surface area (Å²) < 4.78 is 0. The van der Waals surface area contributed by atoms with E-state index in [-0.39, 0.29) is 0 Å². The van der Waals surface area contributed by atoms with Gasteiger partial charge in [-0.15, -0.1) is 11.3 Å². The highest BCUT2D eigenvalue weighted by molar-refractivity contribution is 7.09. The zero-order chi connectivity index (χ0) is 13.1. The molecule has 0 atom stereocenters. The SMILES string of the molecule is CCN(CCc1scnc1C)C(C)(C)C(=O)O. The van der Waals surface area contributed by atoms with Crippen LogP contribution in [0.5, 0.6) is 0 Å². The molecule has 0 radical (unpaired) electrons. The zero-order valence-corrected chi connectivity index (χ0v) is 11.7. The van der Waals surface area contributed by atoms with Gasteiger partial charge in [-0.2, -0.15) is 0 Å². The molecule has 0 saturated heterocycles. The van der Waals surface area contributed by atoms with Gasteiger partial charge in [0.1, 0.15) is 5.54 Å². The Labute approximate surface area is 106 Å². The van der Waals surface area contributed by atoms with Gasteiger partial charge < -0.3 is 5.11 Å². The van der Waals surface area contributed by atoms with Crippen LogP contribution in [-0.2, 0) is 11.2 Å². The molecule has 1 heterocycles. The first-order valence-corrected chi connectivity index (χ1v) is 6.65. The van der Waals surface area contributed by atoms with Crippen LogP contribution in [0.1, 0.15) is 31.3 Å². The van der Waals surface area contributed by atoms with Crippen molar-refractivity contribution < 1.29 is 9.90 Å². The molecule has 0 saturated carbocycles. The van der Waals surface area contributed by atoms with Crippen molar-refractivity contribution >= 4 is 17.3 Å². The molecule has 5 heteroatoms. The molecule has 1 aromatic heterocycles. The Morgan fingerprint density at radius 1 is 1.59 bits per heavy atom. The lowest BCUT2D eigenvalue weighted by molar-refractivity contribution is -0.149. The van der Waals surface area contributed by atoms with Gasteiger partial charge in [0, 0.05) is 11.4 Å². The van der Waals surface area contributed by atoms with E-state index in [1.807, 2.05) is 24.3 Å². The number of rotatable bonds is 6. The van der Waals surface area contributed by atoms with E-state index < -0.39 is 11.5 Å². The van der Waals surface area contributed by atoms with Crippen LogP contribution in [0.2, 0.25) is 0 Å². The maximum Gasteiger partial charge on any atom is 0.323 e. The summed E-state index contributed by atoms with van der Waals surface area (Å²) in [5.41, 5.74) is 2.08. The van der Waals surface area contributed by atoms with E-state index in [1.165, 1.54) is 4.88 Å². The third kappa shape index (κ3) is 3.26. The molecule has 17 heavy (non-hydrogen) atoms. The molecule has 0 spiro atoms. The highest BCUT2D eigenvalue weighted by atomic mass is 32.1. The number of carbonyl (C=O) groups is 1. The van der Waals surface area contributed by atoms with Crippen LogP contribution in [-0.4, -0.2) is 39.6 Å². The molecule has 0 unspecified atom stereocenters. The Kier molecular flexibility index (Phi) is 4.65. The Morgan fingerprint density at radius 2 is 2.24 bits per heavy atom. The molecule has 0 fully saturated rings.